The quantitative estimate of drug-likeness (QED) is 0.0795. The zero-order valence-electron chi connectivity index (χ0n) is 23.4. The summed E-state index contributed by atoms with van der Waals surface area (Å²) in [4.78, 5) is 0. The number of rotatable bonds is 28. The summed E-state index contributed by atoms with van der Waals surface area (Å²) < 4.78 is 22.8. The van der Waals surface area contributed by atoms with Gasteiger partial charge in [0.05, 0.1) is 95.5 Å². The molecule has 6 N–H and O–H groups in total. The van der Waals surface area contributed by atoms with Crippen LogP contribution in [0.25, 0.3) is 0 Å². The summed E-state index contributed by atoms with van der Waals surface area (Å²) in [5.41, 5.74) is -3.14. The SMILES string of the molecule is CCCCCCOCC(CO)(CO)COCC(CO)(CO)COCC(CO)(CO)COCCCCCC. The Bertz CT molecular complexity index is 454. The van der Waals surface area contributed by atoms with Crippen LogP contribution in [0.4, 0.5) is 0 Å². The average molecular weight is 541 g/mol. The highest BCUT2D eigenvalue weighted by atomic mass is 16.5. The third-order valence-corrected chi connectivity index (χ3v) is 6.75. The van der Waals surface area contributed by atoms with E-state index in [1.54, 1.807) is 0 Å². The Morgan fingerprint density at radius 3 is 0.892 bits per heavy atom. The Balaban J connectivity index is 4.75. The molecule has 0 aliphatic carbocycles. The molecule has 0 saturated heterocycles. The molecule has 0 atom stereocenters. The molecule has 0 spiro atoms. The summed E-state index contributed by atoms with van der Waals surface area (Å²) in [7, 11) is 0. The Kier molecular flexibility index (Phi) is 22.2. The molecule has 37 heavy (non-hydrogen) atoms. The molecule has 0 unspecified atom stereocenters. The van der Waals surface area contributed by atoms with Crippen molar-refractivity contribution in [2.75, 3.05) is 92.5 Å². The molecule has 0 radical (unpaired) electrons. The fraction of sp³-hybridized carbons (Fsp3) is 1.00. The van der Waals surface area contributed by atoms with Gasteiger partial charge in [-0.2, -0.15) is 0 Å². The molecule has 0 saturated carbocycles. The fourth-order valence-corrected chi connectivity index (χ4v) is 3.63. The first kappa shape index (κ1) is 36.6. The Morgan fingerprint density at radius 2 is 0.649 bits per heavy atom. The molecule has 0 rings (SSSR count). The van der Waals surface area contributed by atoms with Crippen LogP contribution in [0.2, 0.25) is 0 Å². The van der Waals surface area contributed by atoms with Crippen LogP contribution in [0.5, 0.6) is 0 Å². The maximum absolute atomic E-state index is 9.99. The maximum Gasteiger partial charge on any atom is 0.0632 e. The van der Waals surface area contributed by atoms with E-state index in [2.05, 4.69) is 13.8 Å². The van der Waals surface area contributed by atoms with E-state index in [-0.39, 0.29) is 66.1 Å². The van der Waals surface area contributed by atoms with Gasteiger partial charge in [-0.05, 0) is 12.8 Å². The molecule has 0 aromatic heterocycles. The highest BCUT2D eigenvalue weighted by Crippen LogP contribution is 2.24. The first-order valence-corrected chi connectivity index (χ1v) is 13.9. The van der Waals surface area contributed by atoms with Crippen molar-refractivity contribution in [1.82, 2.24) is 0 Å². The van der Waals surface area contributed by atoms with E-state index < -0.39 is 29.5 Å². The zero-order chi connectivity index (χ0) is 27.9. The van der Waals surface area contributed by atoms with Crippen molar-refractivity contribution in [3.8, 4) is 0 Å². The first-order chi connectivity index (χ1) is 17.9. The molecule has 0 fully saturated rings. The molecule has 10 heteroatoms. The highest BCUT2D eigenvalue weighted by Gasteiger charge is 2.36. The van der Waals surface area contributed by atoms with E-state index in [1.807, 2.05) is 0 Å². The molecule has 0 bridgehead atoms. The highest BCUT2D eigenvalue weighted by molar-refractivity contribution is 4.83. The van der Waals surface area contributed by atoms with E-state index in [0.717, 1.165) is 51.4 Å². The molecule has 10 nitrogen and oxygen atoms in total. The number of aliphatic hydroxyl groups excluding tert-OH is 6. The second-order valence-corrected chi connectivity index (χ2v) is 10.7. The second kappa shape index (κ2) is 22.4. The van der Waals surface area contributed by atoms with Gasteiger partial charge in [-0.25, -0.2) is 0 Å². The molecular weight excluding hydrogens is 484 g/mol. The monoisotopic (exact) mass is 540 g/mol. The smallest absolute Gasteiger partial charge is 0.0632 e. The second-order valence-electron chi connectivity index (χ2n) is 10.7. The summed E-state index contributed by atoms with van der Waals surface area (Å²) in [5, 5.41) is 59.5. The van der Waals surface area contributed by atoms with E-state index in [1.165, 1.54) is 0 Å². The largest absolute Gasteiger partial charge is 0.396 e. The predicted molar refractivity (Wildman–Crippen MR) is 141 cm³/mol. The third-order valence-electron chi connectivity index (χ3n) is 6.75. The van der Waals surface area contributed by atoms with Crippen LogP contribution in [-0.2, 0) is 18.9 Å². The Hall–Kier alpha value is -0.400. The minimum absolute atomic E-state index is 0.0280. The van der Waals surface area contributed by atoms with Crippen molar-refractivity contribution in [1.29, 1.82) is 0 Å². The number of ether oxygens (including phenoxy) is 4. The lowest BCUT2D eigenvalue weighted by atomic mass is 9.90. The van der Waals surface area contributed by atoms with Crippen LogP contribution in [0, 0.1) is 16.2 Å². The first-order valence-electron chi connectivity index (χ1n) is 13.9. The van der Waals surface area contributed by atoms with E-state index >= 15 is 0 Å². The number of hydrogen-bond donors (Lipinski definition) is 6. The summed E-state index contributed by atoms with van der Waals surface area (Å²) in [5.74, 6) is 0. The van der Waals surface area contributed by atoms with Crippen molar-refractivity contribution in [3.63, 3.8) is 0 Å². The number of aliphatic hydroxyl groups is 6. The van der Waals surface area contributed by atoms with Crippen LogP contribution in [0.3, 0.4) is 0 Å². The van der Waals surface area contributed by atoms with Crippen LogP contribution in [0.15, 0.2) is 0 Å². The van der Waals surface area contributed by atoms with Gasteiger partial charge in [0, 0.05) is 13.2 Å². The van der Waals surface area contributed by atoms with Crippen LogP contribution < -0.4 is 0 Å². The van der Waals surface area contributed by atoms with Crippen molar-refractivity contribution in [2.24, 2.45) is 16.2 Å². The maximum atomic E-state index is 9.99. The number of unbranched alkanes of at least 4 members (excludes halogenated alkanes) is 6. The van der Waals surface area contributed by atoms with Gasteiger partial charge >= 0.3 is 0 Å². The average Bonchev–Trinajstić information content (AvgIpc) is 2.94. The van der Waals surface area contributed by atoms with E-state index in [0.29, 0.717) is 13.2 Å². The summed E-state index contributed by atoms with van der Waals surface area (Å²) in [6, 6.07) is 0. The normalized spacial score (nSPS) is 13.0. The molecule has 0 amide bonds. The Labute approximate surface area is 223 Å². The lowest BCUT2D eigenvalue weighted by Crippen LogP contribution is -2.46. The summed E-state index contributed by atoms with van der Waals surface area (Å²) in [6.45, 7) is 3.14. The van der Waals surface area contributed by atoms with E-state index in [4.69, 9.17) is 18.9 Å². The van der Waals surface area contributed by atoms with Gasteiger partial charge in [-0.15, -0.1) is 0 Å². The van der Waals surface area contributed by atoms with E-state index in [9.17, 15) is 30.6 Å². The fourth-order valence-electron chi connectivity index (χ4n) is 3.63. The van der Waals surface area contributed by atoms with Gasteiger partial charge in [0.15, 0.2) is 0 Å². The molecule has 0 aliphatic heterocycles. The van der Waals surface area contributed by atoms with Gasteiger partial charge in [-0.3, -0.25) is 0 Å². The Morgan fingerprint density at radius 1 is 0.378 bits per heavy atom. The minimum atomic E-state index is -1.14. The molecule has 0 aliphatic rings. The van der Waals surface area contributed by atoms with Crippen LogP contribution >= 0.6 is 0 Å². The van der Waals surface area contributed by atoms with Gasteiger partial charge in [0.25, 0.3) is 0 Å². The van der Waals surface area contributed by atoms with Crippen molar-refractivity contribution < 1.29 is 49.6 Å². The standard InChI is InChI=1S/C27H56O10/c1-3-5-7-9-11-34-19-25(13-28,14-29)21-36-23-27(17-32,18-33)24-37-22-26(15-30,16-31)20-35-12-10-8-6-4-2/h28-33H,3-24H2,1-2H3. The topological polar surface area (TPSA) is 158 Å². The number of hydrogen-bond acceptors (Lipinski definition) is 10. The summed E-state index contributed by atoms with van der Waals surface area (Å²) >= 11 is 0. The van der Waals surface area contributed by atoms with Gasteiger partial charge in [0.1, 0.15) is 0 Å². The van der Waals surface area contributed by atoms with Crippen molar-refractivity contribution >= 4 is 0 Å². The zero-order valence-corrected chi connectivity index (χ0v) is 23.4. The lowest BCUT2D eigenvalue weighted by molar-refractivity contribution is -0.134. The summed E-state index contributed by atoms with van der Waals surface area (Å²) in [6.07, 6.45) is 8.45. The molecule has 0 aromatic carbocycles. The van der Waals surface area contributed by atoms with Crippen LogP contribution in [0.1, 0.15) is 65.2 Å². The van der Waals surface area contributed by atoms with Crippen molar-refractivity contribution in [3.05, 3.63) is 0 Å². The molecule has 0 heterocycles. The van der Waals surface area contributed by atoms with Gasteiger partial charge in [-0.1, -0.05) is 52.4 Å². The third kappa shape index (κ3) is 15.1. The van der Waals surface area contributed by atoms with Gasteiger partial charge < -0.3 is 49.6 Å². The molecular formula is C27H56O10. The predicted octanol–water partition coefficient (Wildman–Crippen LogP) is 1.13. The molecule has 224 valence electrons. The van der Waals surface area contributed by atoms with Crippen molar-refractivity contribution in [2.45, 2.75) is 65.2 Å². The van der Waals surface area contributed by atoms with Gasteiger partial charge in [0.2, 0.25) is 0 Å². The molecule has 0 aromatic rings. The minimum Gasteiger partial charge on any atom is -0.396 e. The van der Waals surface area contributed by atoms with Crippen LogP contribution in [-0.4, -0.2) is 123 Å². The lowest BCUT2D eigenvalue weighted by Gasteiger charge is -2.35.